The second-order valence-corrected chi connectivity index (χ2v) is 9.87. The van der Waals surface area contributed by atoms with E-state index in [9.17, 15) is 21.6 Å². The van der Waals surface area contributed by atoms with E-state index >= 15 is 0 Å². The van der Waals surface area contributed by atoms with E-state index in [1.807, 2.05) is 0 Å². The van der Waals surface area contributed by atoms with Crippen molar-refractivity contribution in [1.29, 1.82) is 0 Å². The highest BCUT2D eigenvalue weighted by Gasteiger charge is 2.23. The maximum Gasteiger partial charge on any atom is 0.266 e. The molecule has 33 heavy (non-hydrogen) atoms. The summed E-state index contributed by atoms with van der Waals surface area (Å²) >= 11 is 0. The normalized spacial score (nSPS) is 16.5. The second-order valence-electron chi connectivity index (χ2n) is 7.65. The molecule has 0 radical (unpaired) electrons. The molecule has 1 aliphatic heterocycles. The summed E-state index contributed by atoms with van der Waals surface area (Å²) in [6, 6.07) is 4.89. The lowest BCUT2D eigenvalue weighted by Crippen LogP contribution is -2.15. The van der Waals surface area contributed by atoms with Crippen molar-refractivity contribution in [2.45, 2.75) is 25.8 Å². The number of rotatable bonds is 6. The van der Waals surface area contributed by atoms with E-state index in [4.69, 9.17) is 4.74 Å². The fraction of sp³-hybridized carbons (Fsp3) is 0.318. The highest BCUT2D eigenvalue weighted by Crippen LogP contribution is 2.34. The van der Waals surface area contributed by atoms with E-state index < -0.39 is 33.7 Å². The van der Waals surface area contributed by atoms with Crippen LogP contribution in [-0.2, 0) is 9.84 Å². The first-order valence-corrected chi connectivity index (χ1v) is 11.9. The summed E-state index contributed by atoms with van der Waals surface area (Å²) in [5, 5.41) is 3.59. The Bertz CT molecular complexity index is 1350. The van der Waals surface area contributed by atoms with Gasteiger partial charge in [0.15, 0.2) is 9.84 Å². The maximum atomic E-state index is 14.6. The second kappa shape index (κ2) is 8.97. The molecule has 1 unspecified atom stereocenters. The molecular weight excluding hydrogens is 457 g/mol. The van der Waals surface area contributed by atoms with Crippen LogP contribution >= 0.6 is 0 Å². The van der Waals surface area contributed by atoms with E-state index in [0.29, 0.717) is 28.8 Å². The van der Waals surface area contributed by atoms with Gasteiger partial charge in [-0.2, -0.15) is 0 Å². The molecule has 4 rings (SSSR count). The molecule has 0 fully saturated rings. The number of methoxy groups -OCH3 is 1. The first-order valence-electron chi connectivity index (χ1n) is 10.1. The molecule has 11 heteroatoms. The van der Waals surface area contributed by atoms with Gasteiger partial charge in [0.1, 0.15) is 23.5 Å². The Morgan fingerprint density at radius 1 is 1.18 bits per heavy atom. The van der Waals surface area contributed by atoms with Gasteiger partial charge in [-0.1, -0.05) is 24.3 Å². The Morgan fingerprint density at radius 3 is 2.61 bits per heavy atom. The molecule has 0 saturated heterocycles. The number of benzene rings is 1. The molecule has 1 aliphatic rings. The van der Waals surface area contributed by atoms with Gasteiger partial charge in [0.2, 0.25) is 5.88 Å². The van der Waals surface area contributed by atoms with Gasteiger partial charge < -0.3 is 10.1 Å². The summed E-state index contributed by atoms with van der Waals surface area (Å²) in [6.07, 6.45) is 0.293. The number of nitrogens with one attached hydrogen (secondary N) is 1. The van der Waals surface area contributed by atoms with Crippen LogP contribution < -0.4 is 10.1 Å². The standard InChI is InChI=1S/C22H21F3N4O3S/c1-12(14-4-3-5-15(18(14)23)20(24)25)28-21-16-10-17(13-6-8-33(30,31)9-7-13)29-22(32-2)19(16)26-11-27-21/h3-6,10-12,20H,7-9H2,1-2H3,(H,26,27,28). The van der Waals surface area contributed by atoms with Crippen LogP contribution in [0.2, 0.25) is 0 Å². The number of hydrogen-bond acceptors (Lipinski definition) is 7. The summed E-state index contributed by atoms with van der Waals surface area (Å²) in [7, 11) is -1.67. The fourth-order valence-corrected chi connectivity index (χ4v) is 4.87. The number of sulfone groups is 1. The SMILES string of the molecule is COc1nc(C2=CCS(=O)(=O)CC2)cc2c(NC(C)c3cccc(C(F)F)c3F)ncnc12. The molecule has 7 nitrogen and oxygen atoms in total. The minimum Gasteiger partial charge on any atom is -0.479 e. The molecule has 3 heterocycles. The average molecular weight is 478 g/mol. The van der Waals surface area contributed by atoms with Crippen molar-refractivity contribution in [3.8, 4) is 5.88 Å². The summed E-state index contributed by atoms with van der Waals surface area (Å²) in [5.74, 6) is -0.466. The van der Waals surface area contributed by atoms with Crippen LogP contribution in [0.4, 0.5) is 19.0 Å². The van der Waals surface area contributed by atoms with Gasteiger partial charge in [-0.05, 0) is 25.0 Å². The largest absolute Gasteiger partial charge is 0.479 e. The Balaban J connectivity index is 1.76. The zero-order valence-corrected chi connectivity index (χ0v) is 18.7. The molecule has 2 aromatic heterocycles. The Labute approximate surface area is 188 Å². The van der Waals surface area contributed by atoms with Crippen LogP contribution in [-0.4, -0.2) is 42.0 Å². The molecule has 0 saturated carbocycles. The molecule has 0 aliphatic carbocycles. The maximum absolute atomic E-state index is 14.6. The van der Waals surface area contributed by atoms with E-state index in [2.05, 4.69) is 20.3 Å². The van der Waals surface area contributed by atoms with Crippen LogP contribution in [0.15, 0.2) is 36.7 Å². The molecule has 0 bridgehead atoms. The number of alkyl halides is 2. The number of nitrogens with zero attached hydrogens (tertiary/aromatic N) is 3. The summed E-state index contributed by atoms with van der Waals surface area (Å²) in [6.45, 7) is 1.63. The number of pyridine rings is 1. The summed E-state index contributed by atoms with van der Waals surface area (Å²) in [5.41, 5.74) is 1.08. The van der Waals surface area contributed by atoms with Crippen molar-refractivity contribution in [2.24, 2.45) is 0 Å². The zero-order valence-electron chi connectivity index (χ0n) is 17.8. The van der Waals surface area contributed by atoms with Crippen LogP contribution in [0, 0.1) is 5.82 Å². The predicted octanol–water partition coefficient (Wildman–Crippen LogP) is 4.49. The quantitative estimate of drug-likeness (QED) is 0.558. The molecule has 174 valence electrons. The monoisotopic (exact) mass is 478 g/mol. The third-order valence-electron chi connectivity index (χ3n) is 5.49. The lowest BCUT2D eigenvalue weighted by atomic mass is 10.0. The van der Waals surface area contributed by atoms with Crippen LogP contribution in [0.25, 0.3) is 16.5 Å². The Kier molecular flexibility index (Phi) is 6.24. The summed E-state index contributed by atoms with van der Waals surface area (Å²) in [4.78, 5) is 13.0. The van der Waals surface area contributed by atoms with Crippen molar-refractivity contribution < 1.29 is 26.3 Å². The highest BCUT2D eigenvalue weighted by molar-refractivity contribution is 7.91. The van der Waals surface area contributed by atoms with Gasteiger partial charge in [-0.3, -0.25) is 0 Å². The number of fused-ring (bicyclic) bond motifs is 1. The summed E-state index contributed by atoms with van der Waals surface area (Å²) < 4.78 is 69.8. The lowest BCUT2D eigenvalue weighted by Gasteiger charge is -2.19. The van der Waals surface area contributed by atoms with E-state index in [0.717, 1.165) is 11.6 Å². The van der Waals surface area contributed by atoms with Crippen molar-refractivity contribution in [3.63, 3.8) is 0 Å². The molecule has 0 spiro atoms. The van der Waals surface area contributed by atoms with Crippen LogP contribution in [0.5, 0.6) is 5.88 Å². The zero-order chi connectivity index (χ0) is 23.8. The molecule has 1 N–H and O–H groups in total. The number of aromatic nitrogens is 3. The number of anilines is 1. The third kappa shape index (κ3) is 4.63. The van der Waals surface area contributed by atoms with Crippen molar-refractivity contribution in [1.82, 2.24) is 15.0 Å². The van der Waals surface area contributed by atoms with Gasteiger partial charge in [0.25, 0.3) is 6.43 Å². The van der Waals surface area contributed by atoms with Crippen molar-refractivity contribution in [3.05, 3.63) is 59.3 Å². The minimum absolute atomic E-state index is 0.0219. The minimum atomic E-state index is -3.11. The molecule has 0 amide bonds. The van der Waals surface area contributed by atoms with Gasteiger partial charge in [0.05, 0.1) is 41.3 Å². The third-order valence-corrected chi connectivity index (χ3v) is 6.99. The fourth-order valence-electron chi connectivity index (χ4n) is 3.72. The van der Waals surface area contributed by atoms with E-state index in [-0.39, 0.29) is 22.9 Å². The Hall–Kier alpha value is -3.21. The number of halogens is 3. The molecule has 1 atom stereocenters. The van der Waals surface area contributed by atoms with E-state index in [1.165, 1.54) is 25.6 Å². The topological polar surface area (TPSA) is 94.1 Å². The number of hydrogen-bond donors (Lipinski definition) is 1. The molecule has 1 aromatic carbocycles. The van der Waals surface area contributed by atoms with E-state index in [1.54, 1.807) is 19.1 Å². The number of allylic oxidation sites excluding steroid dienone is 1. The smallest absolute Gasteiger partial charge is 0.266 e. The van der Waals surface area contributed by atoms with Crippen molar-refractivity contribution >= 4 is 32.1 Å². The van der Waals surface area contributed by atoms with Gasteiger partial charge in [0, 0.05) is 5.56 Å². The van der Waals surface area contributed by atoms with Crippen LogP contribution in [0.1, 0.15) is 42.6 Å². The van der Waals surface area contributed by atoms with Gasteiger partial charge >= 0.3 is 0 Å². The molecule has 3 aromatic rings. The number of ether oxygens (including phenoxy) is 1. The van der Waals surface area contributed by atoms with Gasteiger partial charge in [-0.25, -0.2) is 36.5 Å². The molecular formula is C22H21F3N4O3S. The van der Waals surface area contributed by atoms with Crippen molar-refractivity contribution in [2.75, 3.05) is 23.9 Å². The first kappa shape index (κ1) is 23.0. The first-order chi connectivity index (χ1) is 15.7. The average Bonchev–Trinajstić information content (AvgIpc) is 2.78. The van der Waals surface area contributed by atoms with Gasteiger partial charge in [-0.15, -0.1) is 0 Å². The highest BCUT2D eigenvalue weighted by atomic mass is 32.2. The predicted molar refractivity (Wildman–Crippen MR) is 119 cm³/mol. The lowest BCUT2D eigenvalue weighted by molar-refractivity contribution is 0.146. The Morgan fingerprint density at radius 2 is 1.94 bits per heavy atom. The van der Waals surface area contributed by atoms with Crippen LogP contribution in [0.3, 0.4) is 0 Å².